The number of nitrogens with one attached hydrogen (secondary N) is 1. The van der Waals surface area contributed by atoms with E-state index in [-0.39, 0.29) is 11.9 Å². The number of H-pyrrole nitrogens is 1. The third kappa shape index (κ3) is 3.44. The summed E-state index contributed by atoms with van der Waals surface area (Å²) in [5.41, 5.74) is 6.26. The number of nitrogens with two attached hydrogens (primary N) is 1. The molecule has 1 aromatic heterocycles. The number of aryl methyl sites for hydroxylation is 1. The van der Waals surface area contributed by atoms with Crippen LogP contribution in [0.4, 0.5) is 4.39 Å². The van der Waals surface area contributed by atoms with Crippen molar-refractivity contribution >= 4 is 5.91 Å². The van der Waals surface area contributed by atoms with Crippen molar-refractivity contribution in [3.8, 4) is 0 Å². The Kier molecular flexibility index (Phi) is 4.86. The van der Waals surface area contributed by atoms with Crippen molar-refractivity contribution in [1.82, 2.24) is 20.1 Å². The van der Waals surface area contributed by atoms with Crippen LogP contribution in [0.1, 0.15) is 36.3 Å². The van der Waals surface area contributed by atoms with Gasteiger partial charge in [-0.3, -0.25) is 14.8 Å². The van der Waals surface area contributed by atoms with Gasteiger partial charge >= 0.3 is 0 Å². The highest BCUT2D eigenvalue weighted by Gasteiger charge is 2.33. The summed E-state index contributed by atoms with van der Waals surface area (Å²) in [4.78, 5) is 18.3. The second-order valence-corrected chi connectivity index (χ2v) is 5.70. The molecule has 1 aromatic carbocycles. The molecule has 2 heterocycles. The molecule has 128 valence electrons. The minimum absolute atomic E-state index is 0.336. The van der Waals surface area contributed by atoms with Gasteiger partial charge in [0.2, 0.25) is 5.91 Å². The van der Waals surface area contributed by atoms with Crippen molar-refractivity contribution in [1.29, 1.82) is 0 Å². The number of hydrogen-bond acceptors (Lipinski definition) is 5. The Morgan fingerprint density at radius 3 is 2.88 bits per heavy atom. The number of carbonyl (C=O) groups is 1. The third-order valence-corrected chi connectivity index (χ3v) is 4.09. The maximum absolute atomic E-state index is 13.1. The molecule has 7 nitrogen and oxygen atoms in total. The maximum atomic E-state index is 13.1. The molecule has 3 N–H and O–H groups in total. The topological polar surface area (TPSA) is 97.1 Å². The van der Waals surface area contributed by atoms with E-state index in [2.05, 4.69) is 15.2 Å². The molecule has 0 saturated carbocycles. The van der Waals surface area contributed by atoms with E-state index in [0.717, 1.165) is 12.2 Å². The average molecular weight is 333 g/mol. The van der Waals surface area contributed by atoms with Crippen LogP contribution in [0.15, 0.2) is 24.3 Å². The van der Waals surface area contributed by atoms with Gasteiger partial charge in [0.15, 0.2) is 5.82 Å². The predicted octanol–water partition coefficient (Wildman–Crippen LogP) is 1.11. The molecule has 0 aliphatic carbocycles. The summed E-state index contributed by atoms with van der Waals surface area (Å²) in [5.74, 6) is 0.524. The summed E-state index contributed by atoms with van der Waals surface area (Å²) in [6.45, 7) is 3.40. The first-order valence-electron chi connectivity index (χ1n) is 7.90. The average Bonchev–Trinajstić information content (AvgIpc) is 3.06. The van der Waals surface area contributed by atoms with Gasteiger partial charge in [0.1, 0.15) is 23.8 Å². The smallest absolute Gasteiger partial charge is 0.239 e. The number of benzene rings is 1. The van der Waals surface area contributed by atoms with Crippen molar-refractivity contribution in [2.24, 2.45) is 5.73 Å². The van der Waals surface area contributed by atoms with E-state index in [1.165, 1.54) is 12.1 Å². The molecule has 0 unspecified atom stereocenters. The van der Waals surface area contributed by atoms with Crippen molar-refractivity contribution in [3.63, 3.8) is 0 Å². The van der Waals surface area contributed by atoms with Crippen LogP contribution in [0.25, 0.3) is 0 Å². The fraction of sp³-hybridized carbons (Fsp3) is 0.438. The monoisotopic (exact) mass is 333 g/mol. The summed E-state index contributed by atoms with van der Waals surface area (Å²) in [6.07, 6.45) is 0.417. The number of nitrogens with zero attached hydrogens (tertiary/aromatic N) is 3. The fourth-order valence-electron chi connectivity index (χ4n) is 2.87. The summed E-state index contributed by atoms with van der Waals surface area (Å²) >= 11 is 0. The quantitative estimate of drug-likeness (QED) is 0.854. The first-order valence-corrected chi connectivity index (χ1v) is 7.90. The SMILES string of the molecule is CCc1nc([C@@H]2CN([C@@H](C(N)=O)c3ccc(F)cc3)CCO2)n[nH]1. The highest BCUT2D eigenvalue weighted by molar-refractivity contribution is 5.81. The van der Waals surface area contributed by atoms with Crippen LogP contribution in [0.3, 0.4) is 0 Å². The van der Waals surface area contributed by atoms with E-state index in [1.807, 2.05) is 11.8 Å². The summed E-state index contributed by atoms with van der Waals surface area (Å²) < 4.78 is 18.9. The number of hydrogen-bond donors (Lipinski definition) is 2. The number of amides is 1. The maximum Gasteiger partial charge on any atom is 0.239 e. The molecule has 0 radical (unpaired) electrons. The predicted molar refractivity (Wildman–Crippen MR) is 84.4 cm³/mol. The zero-order valence-corrected chi connectivity index (χ0v) is 13.4. The Hall–Kier alpha value is -2.32. The number of morpholine rings is 1. The van der Waals surface area contributed by atoms with E-state index < -0.39 is 11.9 Å². The number of aromatic nitrogens is 3. The number of aromatic amines is 1. The molecule has 2 atom stereocenters. The Morgan fingerprint density at radius 1 is 1.50 bits per heavy atom. The molecule has 2 aromatic rings. The van der Waals surface area contributed by atoms with E-state index in [9.17, 15) is 9.18 Å². The molecular weight excluding hydrogens is 313 g/mol. The number of rotatable bonds is 5. The minimum atomic E-state index is -0.637. The highest BCUT2D eigenvalue weighted by Crippen LogP contribution is 2.27. The molecular formula is C16H20FN5O2. The largest absolute Gasteiger partial charge is 0.368 e. The number of primary amides is 1. The molecule has 1 aliphatic heterocycles. The van der Waals surface area contributed by atoms with Crippen molar-refractivity contribution in [3.05, 3.63) is 47.3 Å². The van der Waals surface area contributed by atoms with Crippen LogP contribution in [-0.4, -0.2) is 45.7 Å². The van der Waals surface area contributed by atoms with Crippen LogP contribution in [0.2, 0.25) is 0 Å². The van der Waals surface area contributed by atoms with E-state index in [4.69, 9.17) is 10.5 Å². The van der Waals surface area contributed by atoms with Gasteiger partial charge in [0.25, 0.3) is 0 Å². The molecule has 1 fully saturated rings. The number of halogens is 1. The lowest BCUT2D eigenvalue weighted by molar-refractivity contribution is -0.127. The third-order valence-electron chi connectivity index (χ3n) is 4.09. The Morgan fingerprint density at radius 2 is 2.25 bits per heavy atom. The first-order chi connectivity index (χ1) is 11.6. The van der Waals surface area contributed by atoms with Crippen LogP contribution in [0, 0.1) is 5.82 Å². The van der Waals surface area contributed by atoms with Gasteiger partial charge in [0.05, 0.1) is 6.61 Å². The Bertz CT molecular complexity index is 703. The molecule has 8 heteroatoms. The zero-order chi connectivity index (χ0) is 17.1. The molecule has 0 bridgehead atoms. The summed E-state index contributed by atoms with van der Waals surface area (Å²) in [5, 5.41) is 7.04. The number of carbonyl (C=O) groups excluding carboxylic acids is 1. The van der Waals surface area contributed by atoms with Gasteiger partial charge < -0.3 is 10.5 Å². The van der Waals surface area contributed by atoms with Gasteiger partial charge in [-0.2, -0.15) is 5.10 Å². The van der Waals surface area contributed by atoms with Gasteiger partial charge in [-0.1, -0.05) is 19.1 Å². The first kappa shape index (κ1) is 16.5. The van der Waals surface area contributed by atoms with Crippen LogP contribution < -0.4 is 5.73 Å². The Balaban J connectivity index is 1.80. The highest BCUT2D eigenvalue weighted by atomic mass is 19.1. The van der Waals surface area contributed by atoms with Crippen LogP contribution in [-0.2, 0) is 16.0 Å². The number of ether oxygens (including phenoxy) is 1. The second kappa shape index (κ2) is 7.06. The van der Waals surface area contributed by atoms with Crippen molar-refractivity contribution in [2.45, 2.75) is 25.5 Å². The van der Waals surface area contributed by atoms with E-state index in [0.29, 0.717) is 31.1 Å². The summed E-state index contributed by atoms with van der Waals surface area (Å²) in [6, 6.07) is 5.17. The molecule has 0 spiro atoms. The van der Waals surface area contributed by atoms with Crippen LogP contribution in [0.5, 0.6) is 0 Å². The lowest BCUT2D eigenvalue weighted by Gasteiger charge is -2.36. The second-order valence-electron chi connectivity index (χ2n) is 5.70. The van der Waals surface area contributed by atoms with Crippen molar-refractivity contribution in [2.75, 3.05) is 19.7 Å². The molecule has 1 aliphatic rings. The Labute approximate surface area is 139 Å². The molecule has 3 rings (SSSR count). The van der Waals surface area contributed by atoms with Crippen molar-refractivity contribution < 1.29 is 13.9 Å². The zero-order valence-electron chi connectivity index (χ0n) is 13.4. The van der Waals surface area contributed by atoms with Crippen LogP contribution >= 0.6 is 0 Å². The molecule has 1 amide bonds. The van der Waals surface area contributed by atoms with Gasteiger partial charge in [-0.15, -0.1) is 0 Å². The molecule has 1 saturated heterocycles. The standard InChI is InChI=1S/C16H20FN5O2/c1-2-13-19-16(21-20-13)12-9-22(7-8-24-12)14(15(18)23)10-3-5-11(17)6-4-10/h3-6,12,14H,2,7-9H2,1H3,(H2,18,23)(H,19,20,21)/t12-,14+/m0/s1. The fourth-order valence-corrected chi connectivity index (χ4v) is 2.87. The summed E-state index contributed by atoms with van der Waals surface area (Å²) in [7, 11) is 0. The minimum Gasteiger partial charge on any atom is -0.368 e. The molecule has 24 heavy (non-hydrogen) atoms. The lowest BCUT2D eigenvalue weighted by Crippen LogP contribution is -2.45. The van der Waals surface area contributed by atoms with Gasteiger partial charge in [-0.25, -0.2) is 9.37 Å². The van der Waals surface area contributed by atoms with E-state index >= 15 is 0 Å². The van der Waals surface area contributed by atoms with Gasteiger partial charge in [-0.05, 0) is 17.7 Å². The van der Waals surface area contributed by atoms with E-state index in [1.54, 1.807) is 12.1 Å². The normalized spacial score (nSPS) is 20.0. The van der Waals surface area contributed by atoms with Gasteiger partial charge in [0, 0.05) is 19.5 Å². The lowest BCUT2D eigenvalue weighted by atomic mass is 10.0.